The number of aromatic nitrogens is 2. The Labute approximate surface area is 162 Å². The minimum atomic E-state index is -0.529. The molecule has 144 valence electrons. The highest BCUT2D eigenvalue weighted by Gasteiger charge is 2.29. The quantitative estimate of drug-likeness (QED) is 0.435. The zero-order valence-corrected chi connectivity index (χ0v) is 15.8. The predicted octanol–water partition coefficient (Wildman–Crippen LogP) is 4.65. The summed E-state index contributed by atoms with van der Waals surface area (Å²) >= 11 is 0. The molecule has 8 nitrogen and oxygen atoms in total. The van der Waals surface area contributed by atoms with E-state index in [4.69, 9.17) is 9.47 Å². The fraction of sp³-hybridized carbons (Fsp3) is 0.200. The van der Waals surface area contributed by atoms with Crippen molar-refractivity contribution in [3.05, 3.63) is 70.5 Å². The van der Waals surface area contributed by atoms with Crippen molar-refractivity contribution in [1.82, 2.24) is 9.97 Å². The number of anilines is 2. The Morgan fingerprint density at radius 1 is 1.11 bits per heavy atom. The van der Waals surface area contributed by atoms with Crippen LogP contribution in [-0.4, -0.2) is 28.5 Å². The lowest BCUT2D eigenvalue weighted by Gasteiger charge is -2.22. The van der Waals surface area contributed by atoms with Crippen LogP contribution in [0.2, 0.25) is 0 Å². The number of hydrogen-bond donors (Lipinski definition) is 0. The number of benzene rings is 2. The van der Waals surface area contributed by atoms with Crippen LogP contribution >= 0.6 is 0 Å². The van der Waals surface area contributed by atoms with E-state index in [1.807, 2.05) is 38.1 Å². The fourth-order valence-electron chi connectivity index (χ4n) is 2.84. The maximum atomic E-state index is 11.9. The minimum absolute atomic E-state index is 0.148. The van der Waals surface area contributed by atoms with Gasteiger partial charge in [-0.15, -0.1) is 0 Å². The Morgan fingerprint density at radius 3 is 2.50 bits per heavy atom. The summed E-state index contributed by atoms with van der Waals surface area (Å²) in [6.45, 7) is 4.34. The number of hydrogen-bond acceptors (Lipinski definition) is 7. The molecule has 0 spiro atoms. The number of methoxy groups -OCH3 is 1. The Morgan fingerprint density at radius 2 is 1.86 bits per heavy atom. The van der Waals surface area contributed by atoms with Gasteiger partial charge in [-0.1, -0.05) is 24.3 Å². The molecule has 2 aromatic carbocycles. The summed E-state index contributed by atoms with van der Waals surface area (Å²) in [6.07, 6.45) is 1.26. The van der Waals surface area contributed by atoms with E-state index in [2.05, 4.69) is 9.97 Å². The summed E-state index contributed by atoms with van der Waals surface area (Å²) in [5.41, 5.74) is 1.53. The first-order valence-corrected chi connectivity index (χ1v) is 8.69. The lowest BCUT2D eigenvalue weighted by Crippen LogP contribution is -2.19. The molecule has 8 heteroatoms. The molecule has 1 aromatic heterocycles. The molecule has 0 amide bonds. The molecule has 0 bridgehead atoms. The van der Waals surface area contributed by atoms with Crippen molar-refractivity contribution < 1.29 is 14.4 Å². The first kappa shape index (κ1) is 19.1. The van der Waals surface area contributed by atoms with E-state index in [1.54, 1.807) is 29.2 Å². The molecule has 0 radical (unpaired) electrons. The molecule has 28 heavy (non-hydrogen) atoms. The molecule has 0 saturated carbocycles. The lowest BCUT2D eigenvalue weighted by molar-refractivity contribution is -0.385. The van der Waals surface area contributed by atoms with Gasteiger partial charge in [0.05, 0.1) is 12.0 Å². The summed E-state index contributed by atoms with van der Waals surface area (Å²) in [6, 6.07) is 14.6. The highest BCUT2D eigenvalue weighted by molar-refractivity contribution is 5.71. The number of aryl methyl sites for hydroxylation is 1. The highest BCUT2D eigenvalue weighted by atomic mass is 16.6. The first-order valence-electron chi connectivity index (χ1n) is 8.69. The van der Waals surface area contributed by atoms with Gasteiger partial charge < -0.3 is 14.4 Å². The number of para-hydroxylation sites is 2. The predicted molar refractivity (Wildman–Crippen MR) is 106 cm³/mol. The molecule has 0 unspecified atom stereocenters. The van der Waals surface area contributed by atoms with Crippen molar-refractivity contribution in [3.63, 3.8) is 0 Å². The molecule has 0 atom stereocenters. The van der Waals surface area contributed by atoms with Gasteiger partial charge in [-0.05, 0) is 43.7 Å². The smallest absolute Gasteiger partial charge is 0.373 e. The van der Waals surface area contributed by atoms with E-state index in [-0.39, 0.29) is 17.4 Å². The highest BCUT2D eigenvalue weighted by Crippen LogP contribution is 2.40. The van der Waals surface area contributed by atoms with Crippen molar-refractivity contribution in [2.45, 2.75) is 13.8 Å². The second-order valence-corrected chi connectivity index (χ2v) is 5.94. The third kappa shape index (κ3) is 3.85. The number of nitrogens with zero attached hydrogens (tertiary/aromatic N) is 4. The lowest BCUT2D eigenvalue weighted by atomic mass is 10.2. The van der Waals surface area contributed by atoms with Crippen LogP contribution in [0, 0.1) is 17.0 Å². The molecule has 0 aliphatic heterocycles. The largest absolute Gasteiger partial charge is 0.493 e. The van der Waals surface area contributed by atoms with Crippen LogP contribution < -0.4 is 14.4 Å². The SMILES string of the molecule is CCN(c1cccc(C)c1)c1ncnc(Oc2ccccc2OC)c1[N+](=O)[O-]. The van der Waals surface area contributed by atoms with Gasteiger partial charge in [-0.25, -0.2) is 4.98 Å². The van der Waals surface area contributed by atoms with E-state index in [1.165, 1.54) is 13.4 Å². The van der Waals surface area contributed by atoms with Gasteiger partial charge in [0.15, 0.2) is 11.5 Å². The van der Waals surface area contributed by atoms with Gasteiger partial charge in [-0.3, -0.25) is 10.1 Å². The van der Waals surface area contributed by atoms with E-state index in [9.17, 15) is 10.1 Å². The summed E-state index contributed by atoms with van der Waals surface area (Å²) in [4.78, 5) is 21.3. The van der Waals surface area contributed by atoms with E-state index < -0.39 is 4.92 Å². The third-order valence-electron chi connectivity index (χ3n) is 4.11. The summed E-state index contributed by atoms with van der Waals surface area (Å²) in [5, 5.41) is 11.9. The molecule has 0 N–H and O–H groups in total. The van der Waals surface area contributed by atoms with Gasteiger partial charge in [0, 0.05) is 12.2 Å². The van der Waals surface area contributed by atoms with Crippen molar-refractivity contribution in [2.75, 3.05) is 18.6 Å². The maximum Gasteiger partial charge on any atom is 0.373 e. The number of rotatable bonds is 7. The fourth-order valence-corrected chi connectivity index (χ4v) is 2.84. The first-order chi connectivity index (χ1) is 13.5. The van der Waals surface area contributed by atoms with E-state index in [0.29, 0.717) is 18.0 Å². The molecule has 0 fully saturated rings. The van der Waals surface area contributed by atoms with Crippen LogP contribution in [0.15, 0.2) is 54.9 Å². The Bertz CT molecular complexity index is 993. The molecule has 3 aromatic rings. The van der Waals surface area contributed by atoms with Crippen molar-refractivity contribution >= 4 is 17.2 Å². The van der Waals surface area contributed by atoms with Gasteiger partial charge in [0.2, 0.25) is 5.82 Å². The van der Waals surface area contributed by atoms with Crippen LogP contribution in [0.3, 0.4) is 0 Å². The average molecular weight is 380 g/mol. The Kier molecular flexibility index (Phi) is 5.69. The van der Waals surface area contributed by atoms with Gasteiger partial charge in [0.1, 0.15) is 6.33 Å². The Balaban J connectivity index is 2.10. The second kappa shape index (κ2) is 8.34. The van der Waals surface area contributed by atoms with Crippen LogP contribution in [0.1, 0.15) is 12.5 Å². The molecule has 3 rings (SSSR count). The van der Waals surface area contributed by atoms with Gasteiger partial charge in [0.25, 0.3) is 0 Å². The summed E-state index contributed by atoms with van der Waals surface area (Å²) in [7, 11) is 1.50. The molecule has 0 aliphatic carbocycles. The minimum Gasteiger partial charge on any atom is -0.493 e. The van der Waals surface area contributed by atoms with Crippen molar-refractivity contribution in [3.8, 4) is 17.4 Å². The molecule has 0 aliphatic rings. The molecule has 1 heterocycles. The average Bonchev–Trinajstić information content (AvgIpc) is 2.69. The monoisotopic (exact) mass is 380 g/mol. The standard InChI is InChI=1S/C20H20N4O4/c1-4-23(15-9-7-8-14(2)12-15)19-18(24(25)26)20(22-13-21-19)28-17-11-6-5-10-16(17)27-3/h5-13H,4H2,1-3H3. The van der Waals surface area contributed by atoms with Crippen LogP contribution in [-0.2, 0) is 0 Å². The topological polar surface area (TPSA) is 90.6 Å². The van der Waals surface area contributed by atoms with Crippen LogP contribution in [0.5, 0.6) is 17.4 Å². The number of ether oxygens (including phenoxy) is 2. The van der Waals surface area contributed by atoms with E-state index in [0.717, 1.165) is 11.3 Å². The van der Waals surface area contributed by atoms with E-state index >= 15 is 0 Å². The zero-order valence-electron chi connectivity index (χ0n) is 15.8. The maximum absolute atomic E-state index is 11.9. The normalized spacial score (nSPS) is 10.4. The molecular formula is C20H20N4O4. The van der Waals surface area contributed by atoms with Crippen molar-refractivity contribution in [1.29, 1.82) is 0 Å². The summed E-state index contributed by atoms with van der Waals surface area (Å²) in [5.74, 6) is 0.794. The molecular weight excluding hydrogens is 360 g/mol. The van der Waals surface area contributed by atoms with Crippen LogP contribution in [0.25, 0.3) is 0 Å². The zero-order chi connectivity index (χ0) is 20.1. The Hall–Kier alpha value is -3.68. The third-order valence-corrected chi connectivity index (χ3v) is 4.11. The summed E-state index contributed by atoms with van der Waals surface area (Å²) < 4.78 is 11.0. The van der Waals surface area contributed by atoms with Gasteiger partial charge >= 0.3 is 11.6 Å². The molecule has 0 saturated heterocycles. The van der Waals surface area contributed by atoms with Crippen molar-refractivity contribution in [2.24, 2.45) is 0 Å². The number of nitro groups is 1. The van der Waals surface area contributed by atoms with Crippen LogP contribution in [0.4, 0.5) is 17.2 Å². The van der Waals surface area contributed by atoms with Gasteiger partial charge in [-0.2, -0.15) is 4.98 Å². The second-order valence-electron chi connectivity index (χ2n) is 5.94.